The Morgan fingerprint density at radius 1 is 1.67 bits per heavy atom. The van der Waals surface area contributed by atoms with Crippen LogP contribution >= 0.6 is 11.3 Å². The number of amides is 1. The molecule has 3 N–H and O–H groups in total. The maximum absolute atomic E-state index is 10.7. The van der Waals surface area contributed by atoms with Gasteiger partial charge in [-0.1, -0.05) is 11.3 Å². The summed E-state index contributed by atoms with van der Waals surface area (Å²) in [6.45, 7) is 1.51. The number of carbonyl (C=O) groups is 1. The molecule has 12 heavy (non-hydrogen) atoms. The molecule has 0 aliphatic carbocycles. The summed E-state index contributed by atoms with van der Waals surface area (Å²) in [6.07, 6.45) is 0. The number of aromatic hydroxyl groups is 1. The number of nitrogens with two attached hydrogens (primary N) is 1. The highest BCUT2D eigenvalue weighted by Gasteiger charge is 2.18. The molecule has 0 fully saturated rings. The van der Waals surface area contributed by atoms with Gasteiger partial charge in [0.1, 0.15) is 0 Å². The molecule has 0 saturated carbocycles. The molecule has 1 aromatic heterocycles. The Morgan fingerprint density at radius 2 is 2.25 bits per heavy atom. The zero-order valence-corrected chi connectivity index (χ0v) is 7.01. The molecule has 64 valence electrons. The molecule has 0 aromatic carbocycles. The van der Waals surface area contributed by atoms with Crippen molar-refractivity contribution < 1.29 is 9.90 Å². The molecule has 1 rings (SSSR count). The lowest BCUT2D eigenvalue weighted by Gasteiger charge is -1.92. The van der Waals surface area contributed by atoms with E-state index in [2.05, 4.69) is 5.18 Å². The second kappa shape index (κ2) is 2.90. The SMILES string of the molecule is Cc1c(N=O)sc(O)c1C(N)=O. The number of rotatable bonds is 2. The number of hydrogen-bond donors (Lipinski definition) is 2. The maximum Gasteiger partial charge on any atom is 0.253 e. The summed E-state index contributed by atoms with van der Waals surface area (Å²) in [4.78, 5) is 20.8. The highest BCUT2D eigenvalue weighted by atomic mass is 32.1. The van der Waals surface area contributed by atoms with Crippen LogP contribution in [-0.4, -0.2) is 11.0 Å². The Hall–Kier alpha value is -1.43. The van der Waals surface area contributed by atoms with Gasteiger partial charge in [-0.2, -0.15) is 0 Å². The Morgan fingerprint density at radius 3 is 2.50 bits per heavy atom. The second-order valence-corrected chi connectivity index (χ2v) is 3.15. The van der Waals surface area contributed by atoms with Crippen molar-refractivity contribution in [1.82, 2.24) is 0 Å². The second-order valence-electron chi connectivity index (χ2n) is 2.17. The van der Waals surface area contributed by atoms with Gasteiger partial charge in [0, 0.05) is 5.56 Å². The van der Waals surface area contributed by atoms with Gasteiger partial charge in [-0.15, -0.1) is 4.91 Å². The number of hydrogen-bond acceptors (Lipinski definition) is 5. The van der Waals surface area contributed by atoms with Gasteiger partial charge in [0.25, 0.3) is 5.91 Å². The lowest BCUT2D eigenvalue weighted by Crippen LogP contribution is -2.11. The quantitative estimate of drug-likeness (QED) is 0.681. The molecule has 1 heterocycles. The average molecular weight is 186 g/mol. The first-order valence-electron chi connectivity index (χ1n) is 3.03. The summed E-state index contributed by atoms with van der Waals surface area (Å²) in [6, 6.07) is 0. The van der Waals surface area contributed by atoms with Crippen LogP contribution in [0, 0.1) is 11.8 Å². The molecule has 0 saturated heterocycles. The van der Waals surface area contributed by atoms with Gasteiger partial charge < -0.3 is 10.8 Å². The highest BCUT2D eigenvalue weighted by Crippen LogP contribution is 2.39. The van der Waals surface area contributed by atoms with Gasteiger partial charge in [-0.05, 0) is 12.1 Å². The van der Waals surface area contributed by atoms with E-state index < -0.39 is 5.91 Å². The number of carbonyl (C=O) groups excluding carboxylic acids is 1. The average Bonchev–Trinajstić information content (AvgIpc) is 2.25. The van der Waals surface area contributed by atoms with E-state index >= 15 is 0 Å². The van der Waals surface area contributed by atoms with Crippen LogP contribution < -0.4 is 5.73 Å². The van der Waals surface area contributed by atoms with Gasteiger partial charge in [-0.3, -0.25) is 4.79 Å². The molecule has 6 heteroatoms. The molecule has 5 nitrogen and oxygen atoms in total. The van der Waals surface area contributed by atoms with Crippen molar-refractivity contribution in [3.05, 3.63) is 16.0 Å². The van der Waals surface area contributed by atoms with Gasteiger partial charge in [0.05, 0.1) is 5.56 Å². The predicted molar refractivity (Wildman–Crippen MR) is 44.7 cm³/mol. The van der Waals surface area contributed by atoms with Gasteiger partial charge in [0.2, 0.25) is 0 Å². The molecular weight excluding hydrogens is 180 g/mol. The van der Waals surface area contributed by atoms with Crippen LogP contribution in [0.5, 0.6) is 5.06 Å². The molecular formula is C6H6N2O3S. The number of thiophene rings is 1. The van der Waals surface area contributed by atoms with Crippen molar-refractivity contribution in [2.75, 3.05) is 0 Å². The van der Waals surface area contributed by atoms with Crippen molar-refractivity contribution in [2.45, 2.75) is 6.92 Å². The smallest absolute Gasteiger partial charge is 0.253 e. The normalized spacial score (nSPS) is 9.75. The van der Waals surface area contributed by atoms with Crippen LogP contribution in [0.4, 0.5) is 5.00 Å². The Labute approximate surface area is 71.8 Å². The number of nitroso groups, excluding NO2 is 1. The Balaban J connectivity index is 3.37. The molecule has 0 aliphatic rings. The zero-order valence-electron chi connectivity index (χ0n) is 6.20. The van der Waals surface area contributed by atoms with Crippen molar-refractivity contribution in [2.24, 2.45) is 10.9 Å². The summed E-state index contributed by atoms with van der Waals surface area (Å²) in [5.41, 5.74) is 5.26. The van der Waals surface area contributed by atoms with Gasteiger partial charge in [-0.25, -0.2) is 0 Å². The molecule has 1 amide bonds. The molecule has 0 unspecified atom stereocenters. The minimum absolute atomic E-state index is 0.0189. The van der Waals surface area contributed by atoms with Crippen molar-refractivity contribution in [1.29, 1.82) is 0 Å². The lowest BCUT2D eigenvalue weighted by molar-refractivity contribution is 0.0998. The van der Waals surface area contributed by atoms with Crippen LogP contribution in [0.1, 0.15) is 15.9 Å². The molecule has 1 aromatic rings. The van der Waals surface area contributed by atoms with Crippen LogP contribution in [0.15, 0.2) is 5.18 Å². The topological polar surface area (TPSA) is 92.8 Å². The van der Waals surface area contributed by atoms with Crippen molar-refractivity contribution in [3.8, 4) is 5.06 Å². The fraction of sp³-hybridized carbons (Fsp3) is 0.167. The molecule has 0 bridgehead atoms. The van der Waals surface area contributed by atoms with Crippen LogP contribution in [0.3, 0.4) is 0 Å². The summed E-state index contributed by atoms with van der Waals surface area (Å²) < 4.78 is 0. The largest absolute Gasteiger partial charge is 0.499 e. The third-order valence-electron chi connectivity index (χ3n) is 1.43. The van der Waals surface area contributed by atoms with Crippen LogP contribution in [0.25, 0.3) is 0 Å². The van der Waals surface area contributed by atoms with E-state index in [0.717, 1.165) is 11.3 Å². The maximum atomic E-state index is 10.7. The Kier molecular flexibility index (Phi) is 2.09. The standard InChI is InChI=1S/C6H6N2O3S/c1-2-3(4(7)9)6(10)12-5(2)8-11/h10H,1H3,(H2,7,9). The fourth-order valence-electron chi connectivity index (χ4n) is 0.864. The van der Waals surface area contributed by atoms with Crippen molar-refractivity contribution >= 4 is 22.2 Å². The molecule has 0 atom stereocenters. The predicted octanol–water partition coefficient (Wildman–Crippen LogP) is 1.26. The first kappa shape index (κ1) is 8.66. The van der Waals surface area contributed by atoms with Crippen LogP contribution in [0.2, 0.25) is 0 Å². The third-order valence-corrected chi connectivity index (χ3v) is 2.40. The number of nitrogens with zero attached hydrogens (tertiary/aromatic N) is 1. The summed E-state index contributed by atoms with van der Waals surface area (Å²) in [5, 5.41) is 11.6. The zero-order chi connectivity index (χ0) is 9.30. The molecule has 0 radical (unpaired) electrons. The van der Waals surface area contributed by atoms with E-state index in [4.69, 9.17) is 10.8 Å². The molecule has 0 spiro atoms. The van der Waals surface area contributed by atoms with E-state index in [-0.39, 0.29) is 15.6 Å². The van der Waals surface area contributed by atoms with E-state index in [9.17, 15) is 9.70 Å². The summed E-state index contributed by atoms with van der Waals surface area (Å²) >= 11 is 0.745. The van der Waals surface area contributed by atoms with E-state index in [0.29, 0.717) is 5.56 Å². The minimum Gasteiger partial charge on any atom is -0.499 e. The monoisotopic (exact) mass is 186 g/mol. The molecule has 0 aliphatic heterocycles. The highest BCUT2D eigenvalue weighted by molar-refractivity contribution is 7.18. The number of primary amides is 1. The summed E-state index contributed by atoms with van der Waals surface area (Å²) in [7, 11) is 0. The van der Waals surface area contributed by atoms with Crippen molar-refractivity contribution in [3.63, 3.8) is 0 Å². The first-order chi connectivity index (χ1) is 5.57. The third kappa shape index (κ3) is 1.16. The van der Waals surface area contributed by atoms with E-state index in [1.165, 1.54) is 6.92 Å². The lowest BCUT2D eigenvalue weighted by atomic mass is 10.2. The van der Waals surface area contributed by atoms with E-state index in [1.54, 1.807) is 0 Å². The van der Waals surface area contributed by atoms with E-state index in [1.807, 2.05) is 0 Å². The summed E-state index contributed by atoms with van der Waals surface area (Å²) in [5.74, 6) is -0.754. The van der Waals surface area contributed by atoms with Gasteiger partial charge in [0.15, 0.2) is 10.1 Å². The van der Waals surface area contributed by atoms with Crippen LogP contribution in [-0.2, 0) is 0 Å². The fourth-order valence-corrected chi connectivity index (χ4v) is 1.70. The first-order valence-corrected chi connectivity index (χ1v) is 3.85. The van der Waals surface area contributed by atoms with Gasteiger partial charge >= 0.3 is 0 Å². The minimum atomic E-state index is -0.754. The Bertz CT molecular complexity index is 345.